The van der Waals surface area contributed by atoms with Crippen molar-refractivity contribution >= 4 is 11.6 Å². The van der Waals surface area contributed by atoms with Gasteiger partial charge in [-0.25, -0.2) is 0 Å². The standard InChI is InChI=1S/C7H4ClF3O.C2H6/c8-5-3-1-2-4-6(5)12-7(9,10)11;1-2/h1-4H;1-2H3. The smallest absolute Gasteiger partial charge is 0.404 e. The molecule has 0 heterocycles. The van der Waals surface area contributed by atoms with Gasteiger partial charge in [0.05, 0.1) is 5.02 Å². The molecule has 0 N–H and O–H groups in total. The highest BCUT2D eigenvalue weighted by Gasteiger charge is 2.31. The van der Waals surface area contributed by atoms with Gasteiger partial charge in [-0.2, -0.15) is 0 Å². The predicted octanol–water partition coefficient (Wildman–Crippen LogP) is 4.26. The summed E-state index contributed by atoms with van der Waals surface area (Å²) in [6.07, 6.45) is -4.69. The Balaban J connectivity index is 0.000000791. The number of benzene rings is 1. The van der Waals surface area contributed by atoms with Gasteiger partial charge in [-0.3, -0.25) is 0 Å². The Kier molecular flexibility index (Phi) is 5.38. The maximum Gasteiger partial charge on any atom is 0.573 e. The molecule has 0 aliphatic carbocycles. The van der Waals surface area contributed by atoms with Crippen LogP contribution in [0.1, 0.15) is 13.8 Å². The number of rotatable bonds is 1. The average molecular weight is 227 g/mol. The highest BCUT2D eigenvalue weighted by Crippen LogP contribution is 2.29. The average Bonchev–Trinajstić information content (AvgIpc) is 2.10. The molecule has 1 aromatic carbocycles. The first-order chi connectivity index (χ1) is 6.49. The van der Waals surface area contributed by atoms with E-state index in [1.165, 1.54) is 18.2 Å². The molecule has 0 aromatic heterocycles. The molecular formula is C9H10ClF3O. The number of halogens is 4. The van der Waals surface area contributed by atoms with Gasteiger partial charge < -0.3 is 4.74 Å². The van der Waals surface area contributed by atoms with Gasteiger partial charge >= 0.3 is 6.36 Å². The third-order valence-electron chi connectivity index (χ3n) is 1.06. The second kappa shape index (κ2) is 5.75. The highest BCUT2D eigenvalue weighted by molar-refractivity contribution is 6.32. The van der Waals surface area contributed by atoms with Crippen LogP contribution in [0.25, 0.3) is 0 Å². The van der Waals surface area contributed by atoms with Crippen LogP contribution in [0.4, 0.5) is 13.2 Å². The Morgan fingerprint density at radius 3 is 2.07 bits per heavy atom. The molecule has 0 spiro atoms. The first kappa shape index (κ1) is 13.1. The summed E-state index contributed by atoms with van der Waals surface area (Å²) < 4.78 is 38.5. The molecule has 0 atom stereocenters. The number of para-hydroxylation sites is 1. The first-order valence-electron chi connectivity index (χ1n) is 3.99. The topological polar surface area (TPSA) is 9.23 Å². The summed E-state index contributed by atoms with van der Waals surface area (Å²) in [7, 11) is 0. The Morgan fingerprint density at radius 2 is 1.64 bits per heavy atom. The van der Waals surface area contributed by atoms with Gasteiger partial charge in [-0.05, 0) is 12.1 Å². The van der Waals surface area contributed by atoms with Crippen LogP contribution in [0.5, 0.6) is 5.75 Å². The quantitative estimate of drug-likeness (QED) is 0.695. The number of alkyl halides is 3. The molecule has 0 bridgehead atoms. The third kappa shape index (κ3) is 4.97. The second-order valence-electron chi connectivity index (χ2n) is 1.98. The molecule has 14 heavy (non-hydrogen) atoms. The highest BCUT2D eigenvalue weighted by atomic mass is 35.5. The summed E-state index contributed by atoms with van der Waals surface area (Å²) in [5.41, 5.74) is 0. The Hall–Kier alpha value is -0.900. The minimum atomic E-state index is -4.69. The van der Waals surface area contributed by atoms with E-state index in [9.17, 15) is 13.2 Å². The van der Waals surface area contributed by atoms with Crippen LogP contribution in [0.15, 0.2) is 24.3 Å². The van der Waals surface area contributed by atoms with Crippen LogP contribution in [0.3, 0.4) is 0 Å². The van der Waals surface area contributed by atoms with Crippen molar-refractivity contribution in [3.63, 3.8) is 0 Å². The van der Waals surface area contributed by atoms with E-state index >= 15 is 0 Å². The minimum Gasteiger partial charge on any atom is -0.404 e. The van der Waals surface area contributed by atoms with Crippen molar-refractivity contribution in [2.75, 3.05) is 0 Å². The van der Waals surface area contributed by atoms with E-state index in [4.69, 9.17) is 11.6 Å². The zero-order valence-corrected chi connectivity index (χ0v) is 8.49. The first-order valence-corrected chi connectivity index (χ1v) is 4.37. The normalized spacial score (nSPS) is 10.1. The Morgan fingerprint density at radius 1 is 1.14 bits per heavy atom. The summed E-state index contributed by atoms with van der Waals surface area (Å²) in [4.78, 5) is 0. The summed E-state index contributed by atoms with van der Waals surface area (Å²) in [6.45, 7) is 4.00. The fraction of sp³-hybridized carbons (Fsp3) is 0.333. The fourth-order valence-electron chi connectivity index (χ4n) is 0.652. The summed E-state index contributed by atoms with van der Waals surface area (Å²) in [6, 6.07) is 5.40. The van der Waals surface area contributed by atoms with Crippen LogP contribution in [-0.2, 0) is 0 Å². The van der Waals surface area contributed by atoms with Crippen molar-refractivity contribution in [3.05, 3.63) is 29.3 Å². The Bertz CT molecular complexity index is 273. The second-order valence-corrected chi connectivity index (χ2v) is 2.39. The predicted molar refractivity (Wildman–Crippen MR) is 49.5 cm³/mol. The molecule has 0 saturated carbocycles. The fourth-order valence-corrected chi connectivity index (χ4v) is 0.826. The maximum absolute atomic E-state index is 11.6. The molecule has 0 fully saturated rings. The lowest BCUT2D eigenvalue weighted by atomic mass is 10.3. The van der Waals surface area contributed by atoms with E-state index in [0.29, 0.717) is 0 Å². The monoisotopic (exact) mass is 226 g/mol. The molecular weight excluding hydrogens is 217 g/mol. The van der Waals surface area contributed by atoms with Crippen molar-refractivity contribution in [1.29, 1.82) is 0 Å². The van der Waals surface area contributed by atoms with Crippen LogP contribution in [0.2, 0.25) is 5.02 Å². The summed E-state index contributed by atoms with van der Waals surface area (Å²) in [5, 5.41) is -0.0603. The van der Waals surface area contributed by atoms with Crippen LogP contribution < -0.4 is 4.74 Å². The van der Waals surface area contributed by atoms with Gasteiger partial charge in [0.15, 0.2) is 0 Å². The van der Waals surface area contributed by atoms with Crippen molar-refractivity contribution in [2.24, 2.45) is 0 Å². The molecule has 0 unspecified atom stereocenters. The molecule has 0 saturated heterocycles. The van der Waals surface area contributed by atoms with E-state index in [0.717, 1.165) is 6.07 Å². The molecule has 0 radical (unpaired) electrons. The van der Waals surface area contributed by atoms with Crippen LogP contribution in [0, 0.1) is 0 Å². The van der Waals surface area contributed by atoms with Crippen molar-refractivity contribution in [2.45, 2.75) is 20.2 Å². The molecule has 1 nitrogen and oxygen atoms in total. The number of hydrogen-bond acceptors (Lipinski definition) is 1. The van der Waals surface area contributed by atoms with Gasteiger partial charge in [0.25, 0.3) is 0 Å². The molecule has 0 amide bonds. The molecule has 1 rings (SSSR count). The van der Waals surface area contributed by atoms with Gasteiger partial charge in [0.1, 0.15) is 5.75 Å². The molecule has 1 aromatic rings. The number of hydrogen-bond donors (Lipinski definition) is 0. The van der Waals surface area contributed by atoms with Gasteiger partial charge in [-0.1, -0.05) is 37.6 Å². The largest absolute Gasteiger partial charge is 0.573 e. The van der Waals surface area contributed by atoms with Crippen molar-refractivity contribution in [1.82, 2.24) is 0 Å². The van der Waals surface area contributed by atoms with E-state index < -0.39 is 6.36 Å². The summed E-state index contributed by atoms with van der Waals surface area (Å²) in [5.74, 6) is -0.383. The lowest BCUT2D eigenvalue weighted by molar-refractivity contribution is -0.274. The lowest BCUT2D eigenvalue weighted by Crippen LogP contribution is -2.17. The third-order valence-corrected chi connectivity index (χ3v) is 1.37. The minimum absolute atomic E-state index is 0.0603. The van der Waals surface area contributed by atoms with Crippen LogP contribution >= 0.6 is 11.6 Å². The van der Waals surface area contributed by atoms with E-state index in [-0.39, 0.29) is 10.8 Å². The lowest BCUT2D eigenvalue weighted by Gasteiger charge is -2.09. The van der Waals surface area contributed by atoms with Crippen molar-refractivity contribution in [3.8, 4) is 5.75 Å². The van der Waals surface area contributed by atoms with Gasteiger partial charge in [0.2, 0.25) is 0 Å². The van der Waals surface area contributed by atoms with E-state index in [1.807, 2.05) is 13.8 Å². The zero-order valence-electron chi connectivity index (χ0n) is 7.73. The maximum atomic E-state index is 11.6. The van der Waals surface area contributed by atoms with Gasteiger partial charge in [0, 0.05) is 0 Å². The molecule has 0 aliphatic rings. The molecule has 0 aliphatic heterocycles. The summed E-state index contributed by atoms with van der Waals surface area (Å²) >= 11 is 5.41. The van der Waals surface area contributed by atoms with Gasteiger partial charge in [-0.15, -0.1) is 13.2 Å². The number of ether oxygens (including phenoxy) is 1. The Labute approximate surface area is 85.4 Å². The molecule has 5 heteroatoms. The zero-order chi connectivity index (χ0) is 11.2. The van der Waals surface area contributed by atoms with Crippen molar-refractivity contribution < 1.29 is 17.9 Å². The van der Waals surface area contributed by atoms with E-state index in [1.54, 1.807) is 0 Å². The van der Waals surface area contributed by atoms with E-state index in [2.05, 4.69) is 4.74 Å². The molecule has 80 valence electrons. The van der Waals surface area contributed by atoms with Crippen LogP contribution in [-0.4, -0.2) is 6.36 Å². The SMILES string of the molecule is CC.FC(F)(F)Oc1ccccc1Cl.